The third-order valence-electron chi connectivity index (χ3n) is 6.04. The van der Waals surface area contributed by atoms with Crippen molar-refractivity contribution in [3.63, 3.8) is 0 Å². The molecule has 4 rings (SSSR count). The molecule has 1 atom stereocenters. The molecular formula is C28H25F4N3O5. The van der Waals surface area contributed by atoms with E-state index in [9.17, 15) is 27.2 Å². The Morgan fingerprint density at radius 3 is 2.48 bits per heavy atom. The number of pyridine rings is 1. The van der Waals surface area contributed by atoms with Gasteiger partial charge in [0.25, 0.3) is 0 Å². The van der Waals surface area contributed by atoms with Gasteiger partial charge in [0.2, 0.25) is 0 Å². The Bertz CT molecular complexity index is 1490. The van der Waals surface area contributed by atoms with Gasteiger partial charge in [0.05, 0.1) is 31.3 Å². The summed E-state index contributed by atoms with van der Waals surface area (Å²) in [4.78, 5) is 28.7. The van der Waals surface area contributed by atoms with Gasteiger partial charge in [-0.15, -0.1) is 0 Å². The van der Waals surface area contributed by atoms with E-state index >= 15 is 0 Å². The van der Waals surface area contributed by atoms with Crippen LogP contribution in [0.1, 0.15) is 17.5 Å². The summed E-state index contributed by atoms with van der Waals surface area (Å²) in [5, 5.41) is 5.33. The van der Waals surface area contributed by atoms with Crippen molar-refractivity contribution in [3.8, 4) is 17.2 Å². The molecule has 0 radical (unpaired) electrons. The zero-order valence-electron chi connectivity index (χ0n) is 21.5. The van der Waals surface area contributed by atoms with Crippen molar-refractivity contribution < 1.29 is 41.4 Å². The zero-order chi connectivity index (χ0) is 28.9. The minimum atomic E-state index is -4.48. The summed E-state index contributed by atoms with van der Waals surface area (Å²) < 4.78 is 69.8. The Balaban J connectivity index is 1.33. The van der Waals surface area contributed by atoms with Gasteiger partial charge in [-0.1, -0.05) is 18.2 Å². The first-order valence-corrected chi connectivity index (χ1v) is 12.1. The van der Waals surface area contributed by atoms with Crippen LogP contribution < -0.4 is 24.8 Å². The number of carbonyl (C=O) groups excluding carboxylic acids is 2. The maximum Gasteiger partial charge on any atom is 0.416 e. The van der Waals surface area contributed by atoms with Gasteiger partial charge in [-0.2, -0.15) is 13.2 Å². The average Bonchev–Trinajstić information content (AvgIpc) is 2.93. The molecule has 1 aromatic heterocycles. The molecule has 40 heavy (non-hydrogen) atoms. The maximum atomic E-state index is 14.9. The first-order chi connectivity index (χ1) is 19.1. The molecular weight excluding hydrogens is 534 g/mol. The number of alkyl halides is 3. The molecule has 0 aliphatic heterocycles. The van der Waals surface area contributed by atoms with Crippen molar-refractivity contribution in [2.24, 2.45) is 0 Å². The summed E-state index contributed by atoms with van der Waals surface area (Å²) in [5.41, 5.74) is 0.0962. The number of amides is 2. The summed E-state index contributed by atoms with van der Waals surface area (Å²) in [6, 6.07) is 8.78. The fourth-order valence-corrected chi connectivity index (χ4v) is 4.04. The molecule has 0 fully saturated rings. The van der Waals surface area contributed by atoms with Crippen molar-refractivity contribution in [1.29, 1.82) is 0 Å². The number of allylic oxidation sites excluding steroid dienone is 1. The Hall–Kier alpha value is -4.61. The van der Waals surface area contributed by atoms with Crippen LogP contribution in [0.15, 0.2) is 72.4 Å². The lowest BCUT2D eigenvalue weighted by Gasteiger charge is -2.20. The summed E-state index contributed by atoms with van der Waals surface area (Å²) in [6.07, 6.45) is -0.174. The molecule has 2 amide bonds. The number of aromatic nitrogens is 1. The monoisotopic (exact) mass is 559 g/mol. The molecule has 0 spiro atoms. The quantitative estimate of drug-likeness (QED) is 0.309. The van der Waals surface area contributed by atoms with Crippen molar-refractivity contribution in [1.82, 2.24) is 15.6 Å². The highest BCUT2D eigenvalue weighted by Crippen LogP contribution is 2.37. The molecule has 210 valence electrons. The van der Waals surface area contributed by atoms with E-state index in [1.54, 1.807) is 18.2 Å². The number of hydrogen-bond donors (Lipinski definition) is 2. The molecule has 2 N–H and O–H groups in total. The van der Waals surface area contributed by atoms with Crippen LogP contribution in [-0.4, -0.2) is 43.6 Å². The first-order valence-electron chi connectivity index (χ1n) is 12.1. The topological polar surface area (TPSA) is 98.8 Å². The van der Waals surface area contributed by atoms with E-state index < -0.39 is 35.4 Å². The van der Waals surface area contributed by atoms with E-state index in [1.165, 1.54) is 38.6 Å². The lowest BCUT2D eigenvalue weighted by molar-refractivity contribution is -0.139. The molecule has 2 aromatic carbocycles. The number of hydrogen-bond acceptors (Lipinski definition) is 6. The van der Waals surface area contributed by atoms with Gasteiger partial charge >= 0.3 is 18.0 Å². The van der Waals surface area contributed by atoms with Gasteiger partial charge in [-0.05, 0) is 48.8 Å². The molecule has 1 aliphatic rings. The molecule has 8 nitrogen and oxygen atoms in total. The standard InChI is InChI=1S/C28H25F4N3O5/c1-38-24-14-19-21(15-25(24)39-2)33-11-9-22(19)40-23-7-6-18(13-20(23)29)35-27(37)26(36)34-10-8-16-4-3-5-17(12-16)28(30,31)32/h3-5,7,9,11-15,18H,6,8,10H2,1-2H3,(H,34,36)(H,35,37). The molecule has 3 aromatic rings. The highest BCUT2D eigenvalue weighted by molar-refractivity contribution is 6.35. The largest absolute Gasteiger partial charge is 0.493 e. The van der Waals surface area contributed by atoms with Crippen LogP contribution in [0.3, 0.4) is 0 Å². The van der Waals surface area contributed by atoms with Crippen LogP contribution >= 0.6 is 0 Å². The van der Waals surface area contributed by atoms with Gasteiger partial charge in [0.15, 0.2) is 23.1 Å². The molecule has 1 aliphatic carbocycles. The minimum absolute atomic E-state index is 0.0587. The number of carbonyl (C=O) groups is 2. The summed E-state index contributed by atoms with van der Waals surface area (Å²) >= 11 is 0. The van der Waals surface area contributed by atoms with E-state index in [0.717, 1.165) is 18.2 Å². The fourth-order valence-electron chi connectivity index (χ4n) is 4.04. The SMILES string of the molecule is COc1cc2nccc(OC3=CCC(NC(=O)C(=O)NCCc4cccc(C(F)(F)F)c4)C=C3F)c2cc1OC. The molecule has 1 heterocycles. The van der Waals surface area contributed by atoms with E-state index in [2.05, 4.69) is 15.6 Å². The molecule has 0 bridgehead atoms. The number of nitrogens with zero attached hydrogens (tertiary/aromatic N) is 1. The van der Waals surface area contributed by atoms with Crippen LogP contribution in [0.4, 0.5) is 17.6 Å². The second kappa shape index (κ2) is 12.1. The van der Waals surface area contributed by atoms with Gasteiger partial charge in [0, 0.05) is 24.2 Å². The number of methoxy groups -OCH3 is 2. The van der Waals surface area contributed by atoms with Crippen molar-refractivity contribution in [2.75, 3.05) is 20.8 Å². The smallest absolute Gasteiger partial charge is 0.416 e. The van der Waals surface area contributed by atoms with Crippen molar-refractivity contribution in [2.45, 2.75) is 25.1 Å². The molecule has 0 saturated heterocycles. The number of nitrogens with one attached hydrogen (secondary N) is 2. The first kappa shape index (κ1) is 28.4. The highest BCUT2D eigenvalue weighted by Gasteiger charge is 2.30. The highest BCUT2D eigenvalue weighted by atomic mass is 19.4. The van der Waals surface area contributed by atoms with E-state index in [-0.39, 0.29) is 25.1 Å². The number of rotatable bonds is 8. The third kappa shape index (κ3) is 6.68. The second-order valence-corrected chi connectivity index (χ2v) is 8.74. The number of benzene rings is 2. The predicted molar refractivity (Wildman–Crippen MR) is 137 cm³/mol. The summed E-state index contributed by atoms with van der Waals surface area (Å²) in [7, 11) is 2.98. The van der Waals surface area contributed by atoms with E-state index in [4.69, 9.17) is 14.2 Å². The van der Waals surface area contributed by atoms with Gasteiger partial charge in [-0.3, -0.25) is 14.6 Å². The van der Waals surface area contributed by atoms with Crippen LogP contribution in [0, 0.1) is 0 Å². The van der Waals surface area contributed by atoms with Crippen molar-refractivity contribution in [3.05, 3.63) is 83.5 Å². The Morgan fingerprint density at radius 1 is 1.02 bits per heavy atom. The lowest BCUT2D eigenvalue weighted by atomic mass is 10.1. The number of fused-ring (bicyclic) bond motifs is 1. The third-order valence-corrected chi connectivity index (χ3v) is 6.04. The lowest BCUT2D eigenvalue weighted by Crippen LogP contribution is -2.44. The summed E-state index contributed by atoms with van der Waals surface area (Å²) in [6.45, 7) is -0.0587. The van der Waals surface area contributed by atoms with Gasteiger partial charge in [-0.25, -0.2) is 4.39 Å². The Kier molecular flexibility index (Phi) is 8.56. The minimum Gasteiger partial charge on any atom is -0.493 e. The van der Waals surface area contributed by atoms with E-state index in [1.807, 2.05) is 0 Å². The second-order valence-electron chi connectivity index (χ2n) is 8.74. The molecule has 0 saturated carbocycles. The van der Waals surface area contributed by atoms with Gasteiger partial charge < -0.3 is 24.8 Å². The number of halogens is 4. The predicted octanol–water partition coefficient (Wildman–Crippen LogP) is 4.63. The molecule has 12 heteroatoms. The Morgan fingerprint density at radius 2 is 1.77 bits per heavy atom. The van der Waals surface area contributed by atoms with Gasteiger partial charge in [0.1, 0.15) is 5.75 Å². The summed E-state index contributed by atoms with van der Waals surface area (Å²) in [5.74, 6) is -1.57. The van der Waals surface area contributed by atoms with Crippen molar-refractivity contribution >= 4 is 22.7 Å². The fraction of sp³-hybridized carbons (Fsp3) is 0.250. The van der Waals surface area contributed by atoms with E-state index in [0.29, 0.717) is 33.7 Å². The van der Waals surface area contributed by atoms with Crippen LogP contribution in [0.25, 0.3) is 10.9 Å². The van der Waals surface area contributed by atoms with Crippen LogP contribution in [0.5, 0.6) is 17.2 Å². The average molecular weight is 560 g/mol. The molecule has 1 unspecified atom stereocenters. The number of ether oxygens (including phenoxy) is 3. The Labute approximate surface area is 226 Å². The normalized spacial score (nSPS) is 15.1. The van der Waals surface area contributed by atoms with Crippen LogP contribution in [0.2, 0.25) is 0 Å². The van der Waals surface area contributed by atoms with Crippen LogP contribution in [-0.2, 0) is 22.2 Å². The maximum absolute atomic E-state index is 14.9. The zero-order valence-corrected chi connectivity index (χ0v) is 21.5.